The molecule has 0 aliphatic carbocycles. The molecular weight excluding hydrogens is 281 g/mol. The van der Waals surface area contributed by atoms with E-state index in [9.17, 15) is 4.39 Å². The number of hydrogen-bond donors (Lipinski definition) is 1. The molecule has 0 saturated carbocycles. The summed E-state index contributed by atoms with van der Waals surface area (Å²) in [4.78, 5) is 0. The molecule has 0 heterocycles. The van der Waals surface area contributed by atoms with E-state index >= 15 is 0 Å². The van der Waals surface area contributed by atoms with Crippen LogP contribution in [0.15, 0.2) is 22.7 Å². The summed E-state index contributed by atoms with van der Waals surface area (Å²) in [6, 6.07) is 5.14. The molecule has 1 N–H and O–H groups in total. The van der Waals surface area contributed by atoms with Crippen LogP contribution in [0.4, 0.5) is 4.39 Å². The molecule has 1 unspecified atom stereocenters. The molecule has 1 rings (SSSR count). The predicted molar refractivity (Wildman–Crippen MR) is 74.6 cm³/mol. The monoisotopic (exact) mass is 301 g/mol. The zero-order chi connectivity index (χ0) is 12.8. The van der Waals surface area contributed by atoms with E-state index in [4.69, 9.17) is 0 Å². The smallest absolute Gasteiger partial charge is 0.123 e. The number of halogens is 2. The van der Waals surface area contributed by atoms with Crippen LogP contribution >= 0.6 is 15.9 Å². The second-order valence-electron chi connectivity index (χ2n) is 4.28. The minimum Gasteiger partial charge on any atom is -0.310 e. The Morgan fingerprint density at radius 1 is 1.24 bits per heavy atom. The Kier molecular flexibility index (Phi) is 6.14. The largest absolute Gasteiger partial charge is 0.310 e. The van der Waals surface area contributed by atoms with Crippen LogP contribution in [-0.2, 0) is 0 Å². The third-order valence-electron chi connectivity index (χ3n) is 3.24. The molecule has 0 aliphatic rings. The van der Waals surface area contributed by atoms with Crippen LogP contribution in [0.5, 0.6) is 0 Å². The van der Waals surface area contributed by atoms with Crippen molar-refractivity contribution >= 4 is 15.9 Å². The van der Waals surface area contributed by atoms with E-state index in [0.29, 0.717) is 5.92 Å². The third kappa shape index (κ3) is 3.78. The molecule has 1 nitrogen and oxygen atoms in total. The van der Waals surface area contributed by atoms with Gasteiger partial charge in [-0.2, -0.15) is 0 Å². The average Bonchev–Trinajstić information content (AvgIpc) is 2.33. The van der Waals surface area contributed by atoms with Gasteiger partial charge in [-0.1, -0.05) is 49.5 Å². The minimum atomic E-state index is -0.169. The number of hydrogen-bond acceptors (Lipinski definition) is 1. The number of rotatable bonds is 6. The van der Waals surface area contributed by atoms with Crippen molar-refractivity contribution in [2.75, 3.05) is 6.54 Å². The molecule has 0 aliphatic heterocycles. The molecule has 17 heavy (non-hydrogen) atoms. The van der Waals surface area contributed by atoms with Gasteiger partial charge in [0, 0.05) is 10.5 Å². The van der Waals surface area contributed by atoms with E-state index in [-0.39, 0.29) is 11.9 Å². The molecular formula is C14H21BrFN. The van der Waals surface area contributed by atoms with Gasteiger partial charge in [0.2, 0.25) is 0 Å². The maximum Gasteiger partial charge on any atom is 0.123 e. The highest BCUT2D eigenvalue weighted by Gasteiger charge is 2.21. The van der Waals surface area contributed by atoms with Crippen LogP contribution in [0.2, 0.25) is 0 Å². The zero-order valence-corrected chi connectivity index (χ0v) is 12.3. The second-order valence-corrected chi connectivity index (χ2v) is 5.13. The van der Waals surface area contributed by atoms with Crippen molar-refractivity contribution in [3.63, 3.8) is 0 Å². The summed E-state index contributed by atoms with van der Waals surface area (Å²) < 4.78 is 14.4. The van der Waals surface area contributed by atoms with Crippen molar-refractivity contribution in [1.29, 1.82) is 0 Å². The summed E-state index contributed by atoms with van der Waals surface area (Å²) in [6.45, 7) is 7.35. The fourth-order valence-corrected chi connectivity index (χ4v) is 2.76. The number of nitrogens with one attached hydrogen (secondary N) is 1. The molecule has 96 valence electrons. The molecule has 0 fully saturated rings. The molecule has 1 aromatic carbocycles. The second kappa shape index (κ2) is 7.12. The van der Waals surface area contributed by atoms with E-state index < -0.39 is 0 Å². The fraction of sp³-hybridized carbons (Fsp3) is 0.571. The average molecular weight is 302 g/mol. The molecule has 0 radical (unpaired) electrons. The van der Waals surface area contributed by atoms with E-state index in [1.54, 1.807) is 12.1 Å². The van der Waals surface area contributed by atoms with Gasteiger partial charge in [0.15, 0.2) is 0 Å². The molecule has 1 aromatic rings. The van der Waals surface area contributed by atoms with Gasteiger partial charge >= 0.3 is 0 Å². The highest BCUT2D eigenvalue weighted by molar-refractivity contribution is 9.10. The summed E-state index contributed by atoms with van der Waals surface area (Å²) in [7, 11) is 0. The normalized spacial score (nSPS) is 13.1. The zero-order valence-electron chi connectivity index (χ0n) is 10.8. The lowest BCUT2D eigenvalue weighted by Gasteiger charge is -2.27. The summed E-state index contributed by atoms with van der Waals surface area (Å²) >= 11 is 3.52. The Hall–Kier alpha value is -0.410. The van der Waals surface area contributed by atoms with Crippen LogP contribution in [-0.4, -0.2) is 6.54 Å². The van der Waals surface area contributed by atoms with E-state index in [1.807, 2.05) is 0 Å². The lowest BCUT2D eigenvalue weighted by atomic mass is 9.89. The van der Waals surface area contributed by atoms with Crippen LogP contribution < -0.4 is 5.32 Å². The van der Waals surface area contributed by atoms with Crippen LogP contribution in [0.3, 0.4) is 0 Å². The van der Waals surface area contributed by atoms with Crippen molar-refractivity contribution in [1.82, 2.24) is 5.32 Å². The van der Waals surface area contributed by atoms with Crippen molar-refractivity contribution in [3.8, 4) is 0 Å². The van der Waals surface area contributed by atoms with Gasteiger partial charge < -0.3 is 5.32 Å². The number of benzene rings is 1. The maximum absolute atomic E-state index is 13.4. The first-order valence-corrected chi connectivity index (χ1v) is 7.11. The highest BCUT2D eigenvalue weighted by Crippen LogP contribution is 2.32. The molecule has 0 bridgehead atoms. The van der Waals surface area contributed by atoms with Gasteiger partial charge in [0.05, 0.1) is 0 Å². The molecule has 0 saturated heterocycles. The van der Waals surface area contributed by atoms with Gasteiger partial charge in [0.1, 0.15) is 5.82 Å². The summed E-state index contributed by atoms with van der Waals surface area (Å²) in [5.74, 6) is 0.366. The van der Waals surface area contributed by atoms with Crippen LogP contribution in [0, 0.1) is 11.7 Å². The van der Waals surface area contributed by atoms with Gasteiger partial charge in [-0.15, -0.1) is 0 Å². The predicted octanol–water partition coefficient (Wildman–Crippen LogP) is 4.68. The Morgan fingerprint density at radius 2 is 1.88 bits per heavy atom. The van der Waals surface area contributed by atoms with E-state index in [0.717, 1.165) is 29.4 Å². The Bertz CT molecular complexity index is 350. The van der Waals surface area contributed by atoms with Crippen molar-refractivity contribution < 1.29 is 4.39 Å². The van der Waals surface area contributed by atoms with Crippen molar-refractivity contribution in [2.45, 2.75) is 39.7 Å². The first-order valence-electron chi connectivity index (χ1n) is 6.32. The molecule has 1 atom stereocenters. The summed E-state index contributed by atoms with van der Waals surface area (Å²) in [5.41, 5.74) is 1.03. The van der Waals surface area contributed by atoms with Gasteiger partial charge in [0.25, 0.3) is 0 Å². The fourth-order valence-electron chi connectivity index (χ4n) is 2.26. The van der Waals surface area contributed by atoms with Crippen molar-refractivity contribution in [3.05, 3.63) is 34.1 Å². The molecule has 0 aromatic heterocycles. The third-order valence-corrected chi connectivity index (χ3v) is 3.96. The quantitative estimate of drug-likeness (QED) is 0.805. The molecule has 0 amide bonds. The van der Waals surface area contributed by atoms with Gasteiger partial charge in [-0.3, -0.25) is 0 Å². The Balaban J connectivity index is 3.07. The summed E-state index contributed by atoms with van der Waals surface area (Å²) in [6.07, 6.45) is 2.19. The van der Waals surface area contributed by atoms with E-state index in [1.165, 1.54) is 6.07 Å². The van der Waals surface area contributed by atoms with Gasteiger partial charge in [-0.25, -0.2) is 4.39 Å². The standard InChI is InChI=1S/C14H21BrFN/c1-4-10(5-2)14(17-6-3)12-9-11(16)7-8-13(12)15/h7-10,14,17H,4-6H2,1-3H3. The first-order chi connectivity index (χ1) is 8.13. The van der Waals surface area contributed by atoms with Crippen molar-refractivity contribution in [2.24, 2.45) is 5.92 Å². The molecule has 3 heteroatoms. The maximum atomic E-state index is 13.4. The van der Waals surface area contributed by atoms with Crippen LogP contribution in [0.25, 0.3) is 0 Å². The minimum absolute atomic E-state index is 0.169. The lowest BCUT2D eigenvalue weighted by molar-refractivity contribution is 0.344. The Labute approximate surface area is 112 Å². The first kappa shape index (κ1) is 14.7. The topological polar surface area (TPSA) is 12.0 Å². The molecule has 0 spiro atoms. The SMILES string of the molecule is CCNC(c1cc(F)ccc1Br)C(CC)CC. The lowest BCUT2D eigenvalue weighted by Crippen LogP contribution is -2.28. The van der Waals surface area contributed by atoms with E-state index in [2.05, 4.69) is 42.0 Å². The highest BCUT2D eigenvalue weighted by atomic mass is 79.9. The van der Waals surface area contributed by atoms with Crippen LogP contribution in [0.1, 0.15) is 45.2 Å². The van der Waals surface area contributed by atoms with Gasteiger partial charge in [-0.05, 0) is 36.2 Å². The Morgan fingerprint density at radius 3 is 2.41 bits per heavy atom. The summed E-state index contributed by atoms with van der Waals surface area (Å²) in [5, 5.41) is 3.47.